The first kappa shape index (κ1) is 12.2. The molecule has 1 rings (SSSR count). The summed E-state index contributed by atoms with van der Waals surface area (Å²) in [6, 6.07) is 7.84. The Morgan fingerprint density at radius 1 is 1.13 bits per heavy atom. The predicted octanol–water partition coefficient (Wildman–Crippen LogP) is 4.13. The molecule has 0 radical (unpaired) electrons. The lowest BCUT2D eigenvalue weighted by atomic mass is 10.1. The fourth-order valence-corrected chi connectivity index (χ4v) is 1.76. The first-order valence-corrected chi connectivity index (χ1v) is 6.31. The summed E-state index contributed by atoms with van der Waals surface area (Å²) in [5, 5.41) is 0. The van der Waals surface area contributed by atoms with Crippen molar-refractivity contribution in [2.75, 3.05) is 0 Å². The molecule has 82 valence electrons. The van der Waals surface area contributed by atoms with Crippen molar-refractivity contribution in [3.63, 3.8) is 0 Å². The van der Waals surface area contributed by atoms with Gasteiger partial charge in [0.1, 0.15) is 0 Å². The highest BCUT2D eigenvalue weighted by molar-refractivity contribution is 7.17. The standard InChI is InChI=1S/C12H18O2P/c1-2-3-4-5-6-11-7-9-12(10-8-11)14-15-13/h7-10,15H,2-6H2,1H3/q+1. The normalized spacial score (nSPS) is 10.5. The molecule has 1 atom stereocenters. The molecule has 1 aromatic carbocycles. The van der Waals surface area contributed by atoms with Crippen molar-refractivity contribution in [2.45, 2.75) is 39.0 Å². The lowest BCUT2D eigenvalue weighted by molar-refractivity contribution is 0.525. The van der Waals surface area contributed by atoms with Crippen molar-refractivity contribution >= 4 is 8.69 Å². The zero-order valence-electron chi connectivity index (χ0n) is 9.16. The molecule has 0 saturated heterocycles. The zero-order chi connectivity index (χ0) is 10.9. The van der Waals surface area contributed by atoms with Crippen LogP contribution in [0.15, 0.2) is 24.3 Å². The topological polar surface area (TPSA) is 26.3 Å². The summed E-state index contributed by atoms with van der Waals surface area (Å²) >= 11 is 0. The molecule has 0 saturated carbocycles. The Bertz CT molecular complexity index is 282. The van der Waals surface area contributed by atoms with Crippen molar-refractivity contribution in [3.8, 4) is 5.75 Å². The molecular weight excluding hydrogens is 207 g/mol. The first-order valence-electron chi connectivity index (χ1n) is 5.49. The van der Waals surface area contributed by atoms with E-state index in [9.17, 15) is 4.57 Å². The molecule has 0 amide bonds. The van der Waals surface area contributed by atoms with Gasteiger partial charge in [0.2, 0.25) is 0 Å². The number of unbranched alkanes of at least 4 members (excludes halogenated alkanes) is 3. The van der Waals surface area contributed by atoms with Crippen LogP contribution in [0.5, 0.6) is 5.75 Å². The van der Waals surface area contributed by atoms with E-state index in [0.29, 0.717) is 5.75 Å². The van der Waals surface area contributed by atoms with E-state index in [-0.39, 0.29) is 0 Å². The third kappa shape index (κ3) is 4.94. The number of hydrogen-bond acceptors (Lipinski definition) is 2. The summed E-state index contributed by atoms with van der Waals surface area (Å²) in [7, 11) is -0.717. The van der Waals surface area contributed by atoms with Crippen molar-refractivity contribution in [1.82, 2.24) is 0 Å². The van der Waals surface area contributed by atoms with E-state index in [1.165, 1.54) is 31.2 Å². The summed E-state index contributed by atoms with van der Waals surface area (Å²) in [5.41, 5.74) is 1.33. The van der Waals surface area contributed by atoms with Gasteiger partial charge in [-0.15, -0.1) is 0 Å². The minimum absolute atomic E-state index is 0.681. The van der Waals surface area contributed by atoms with Gasteiger partial charge in [-0.05, 0) is 35.1 Å². The van der Waals surface area contributed by atoms with Crippen LogP contribution in [0.2, 0.25) is 0 Å². The lowest BCUT2D eigenvalue weighted by Gasteiger charge is -2.00. The fraction of sp³-hybridized carbons (Fsp3) is 0.500. The maximum atomic E-state index is 10.2. The Kier molecular flexibility index (Phi) is 6.03. The Morgan fingerprint density at radius 3 is 2.47 bits per heavy atom. The van der Waals surface area contributed by atoms with E-state index in [1.807, 2.05) is 24.3 Å². The molecule has 0 aliphatic heterocycles. The molecule has 0 N–H and O–H groups in total. The molecule has 0 bridgehead atoms. The number of hydrogen-bond donors (Lipinski definition) is 0. The van der Waals surface area contributed by atoms with Gasteiger partial charge in [-0.3, -0.25) is 4.52 Å². The van der Waals surface area contributed by atoms with Crippen molar-refractivity contribution in [1.29, 1.82) is 0 Å². The third-order valence-corrected chi connectivity index (χ3v) is 2.72. The monoisotopic (exact) mass is 225 g/mol. The van der Waals surface area contributed by atoms with Gasteiger partial charge in [0.25, 0.3) is 0 Å². The van der Waals surface area contributed by atoms with Crippen LogP contribution >= 0.6 is 8.69 Å². The van der Waals surface area contributed by atoms with Gasteiger partial charge in [-0.25, -0.2) is 0 Å². The van der Waals surface area contributed by atoms with Crippen LogP contribution in [-0.2, 0) is 11.0 Å². The highest BCUT2D eigenvalue weighted by Gasteiger charge is 1.98. The van der Waals surface area contributed by atoms with Gasteiger partial charge in [0.05, 0.1) is 0 Å². The summed E-state index contributed by atoms with van der Waals surface area (Å²) in [5.74, 6) is 0.681. The average Bonchev–Trinajstić information content (AvgIpc) is 2.27. The zero-order valence-corrected chi connectivity index (χ0v) is 10.2. The molecule has 1 unspecified atom stereocenters. The second-order valence-corrected chi connectivity index (χ2v) is 4.01. The van der Waals surface area contributed by atoms with Gasteiger partial charge in [0.15, 0.2) is 5.75 Å². The van der Waals surface area contributed by atoms with Crippen LogP contribution in [-0.4, -0.2) is 0 Å². The Labute approximate surface area is 92.9 Å². The molecule has 0 aromatic heterocycles. The second-order valence-electron chi connectivity index (χ2n) is 3.64. The van der Waals surface area contributed by atoms with Crippen LogP contribution < -0.4 is 4.52 Å². The molecule has 0 heterocycles. The third-order valence-electron chi connectivity index (χ3n) is 2.40. The fourth-order valence-electron chi connectivity index (χ4n) is 1.53. The van der Waals surface area contributed by atoms with E-state index in [1.54, 1.807) is 0 Å². The molecule has 15 heavy (non-hydrogen) atoms. The maximum Gasteiger partial charge on any atom is 0.542 e. The van der Waals surface area contributed by atoms with Crippen LogP contribution in [0, 0.1) is 0 Å². The Hall–Kier alpha value is -0.880. The van der Waals surface area contributed by atoms with Crippen molar-refractivity contribution in [3.05, 3.63) is 29.8 Å². The molecule has 3 heteroatoms. The quantitative estimate of drug-likeness (QED) is 0.515. The van der Waals surface area contributed by atoms with Crippen molar-refractivity contribution < 1.29 is 9.09 Å². The summed E-state index contributed by atoms with van der Waals surface area (Å²) in [6.45, 7) is 2.22. The average molecular weight is 225 g/mol. The highest BCUT2D eigenvalue weighted by atomic mass is 31.1. The summed E-state index contributed by atoms with van der Waals surface area (Å²) in [4.78, 5) is 0. The van der Waals surface area contributed by atoms with Gasteiger partial charge in [-0.1, -0.05) is 38.3 Å². The van der Waals surface area contributed by atoms with E-state index in [2.05, 4.69) is 6.92 Å². The minimum atomic E-state index is -0.717. The first-order chi connectivity index (χ1) is 7.36. The second kappa shape index (κ2) is 7.42. The van der Waals surface area contributed by atoms with Gasteiger partial charge >= 0.3 is 8.69 Å². The molecule has 0 aliphatic carbocycles. The van der Waals surface area contributed by atoms with Gasteiger partial charge in [0, 0.05) is 0 Å². The predicted molar refractivity (Wildman–Crippen MR) is 63.9 cm³/mol. The summed E-state index contributed by atoms with van der Waals surface area (Å²) < 4.78 is 15.1. The van der Waals surface area contributed by atoms with Crippen LogP contribution in [0.4, 0.5) is 0 Å². The maximum absolute atomic E-state index is 10.2. The van der Waals surface area contributed by atoms with Crippen LogP contribution in [0.3, 0.4) is 0 Å². The largest absolute Gasteiger partial charge is 0.542 e. The smallest absolute Gasteiger partial charge is 0.256 e. The molecule has 1 aromatic rings. The highest BCUT2D eigenvalue weighted by Crippen LogP contribution is 2.17. The van der Waals surface area contributed by atoms with Crippen LogP contribution in [0.25, 0.3) is 0 Å². The van der Waals surface area contributed by atoms with Crippen molar-refractivity contribution in [2.24, 2.45) is 0 Å². The van der Waals surface area contributed by atoms with E-state index < -0.39 is 8.69 Å². The SMILES string of the molecule is CCCCCCc1ccc(O[PH+]=O)cc1. The molecule has 0 spiro atoms. The van der Waals surface area contributed by atoms with E-state index in [4.69, 9.17) is 4.52 Å². The molecular formula is C12H18O2P+. The van der Waals surface area contributed by atoms with Crippen LogP contribution in [0.1, 0.15) is 38.2 Å². The number of benzene rings is 1. The Morgan fingerprint density at radius 2 is 1.87 bits per heavy atom. The van der Waals surface area contributed by atoms with E-state index >= 15 is 0 Å². The number of rotatable bonds is 7. The van der Waals surface area contributed by atoms with Gasteiger partial charge in [-0.2, -0.15) is 0 Å². The molecule has 0 fully saturated rings. The summed E-state index contributed by atoms with van der Waals surface area (Å²) in [6.07, 6.45) is 6.27. The molecule has 2 nitrogen and oxygen atoms in total. The minimum Gasteiger partial charge on any atom is -0.256 e. The number of aryl methyl sites for hydroxylation is 1. The van der Waals surface area contributed by atoms with Gasteiger partial charge < -0.3 is 0 Å². The van der Waals surface area contributed by atoms with E-state index in [0.717, 1.165) is 6.42 Å². The molecule has 0 aliphatic rings. The lowest BCUT2D eigenvalue weighted by Crippen LogP contribution is -1.85. The Balaban J connectivity index is 2.32.